The van der Waals surface area contributed by atoms with Crippen molar-refractivity contribution < 1.29 is 24.5 Å². The Kier molecular flexibility index (Phi) is 7.07. The van der Waals surface area contributed by atoms with E-state index in [1.54, 1.807) is 24.3 Å². The Morgan fingerprint density at radius 3 is 2.30 bits per heavy atom. The average molecular weight is 443 g/mol. The molecule has 0 aliphatic rings. The number of hydrogen-bond donors (Lipinski definition) is 3. The van der Waals surface area contributed by atoms with Crippen LogP contribution in [0.5, 0.6) is 11.5 Å². The molecule has 2 atom stereocenters. The summed E-state index contributed by atoms with van der Waals surface area (Å²) < 4.78 is 11.9. The first kappa shape index (κ1) is 22.2. The van der Waals surface area contributed by atoms with E-state index in [0.29, 0.717) is 17.0 Å². The number of carbonyl (C=O) groups excluding carboxylic acids is 1. The number of anilines is 1. The van der Waals surface area contributed by atoms with Gasteiger partial charge in [0.15, 0.2) is 6.10 Å². The van der Waals surface area contributed by atoms with Crippen molar-refractivity contribution in [2.45, 2.75) is 18.6 Å². The Morgan fingerprint density at radius 1 is 0.848 bits per heavy atom. The Balaban J connectivity index is 1.60. The van der Waals surface area contributed by atoms with E-state index in [0.717, 1.165) is 10.8 Å². The van der Waals surface area contributed by atoms with Crippen LogP contribution in [0.1, 0.15) is 18.1 Å². The number of rotatable bonds is 8. The van der Waals surface area contributed by atoms with Crippen molar-refractivity contribution in [2.75, 3.05) is 11.9 Å². The molecule has 0 heterocycles. The molecular weight excluding hydrogens is 418 g/mol. The number of benzene rings is 4. The standard InChI is InChI=1S/C27H25NO5/c29-18-17-25(32-22-9-2-1-3-10-22)26(20-13-15-21(30)16-14-20)33-27(31)28-24-12-6-8-19-7-4-5-11-23(19)24/h1-16,25-26,29-30H,17-18H2,(H,28,31)/t25-,26-/m1/s1. The van der Waals surface area contributed by atoms with E-state index >= 15 is 0 Å². The van der Waals surface area contributed by atoms with Gasteiger partial charge in [-0.25, -0.2) is 4.79 Å². The highest BCUT2D eigenvalue weighted by Crippen LogP contribution is 2.30. The van der Waals surface area contributed by atoms with E-state index in [9.17, 15) is 15.0 Å². The van der Waals surface area contributed by atoms with E-state index < -0.39 is 18.3 Å². The number of phenols is 1. The number of fused-ring (bicyclic) bond motifs is 1. The highest BCUT2D eigenvalue weighted by Gasteiger charge is 2.29. The lowest BCUT2D eigenvalue weighted by Crippen LogP contribution is -2.31. The van der Waals surface area contributed by atoms with Crippen LogP contribution in [0.4, 0.5) is 10.5 Å². The fraction of sp³-hybridized carbons (Fsp3) is 0.148. The number of ether oxygens (including phenoxy) is 2. The molecule has 0 bridgehead atoms. The maximum Gasteiger partial charge on any atom is 0.412 e. The van der Waals surface area contributed by atoms with Gasteiger partial charge < -0.3 is 19.7 Å². The molecule has 0 aliphatic carbocycles. The normalized spacial score (nSPS) is 12.6. The molecule has 4 aromatic carbocycles. The topological polar surface area (TPSA) is 88.0 Å². The molecule has 6 heteroatoms. The number of aromatic hydroxyl groups is 1. The van der Waals surface area contributed by atoms with Crippen LogP contribution in [-0.2, 0) is 4.74 Å². The minimum Gasteiger partial charge on any atom is -0.508 e. The van der Waals surface area contributed by atoms with Gasteiger partial charge >= 0.3 is 6.09 Å². The molecule has 0 aromatic heterocycles. The summed E-state index contributed by atoms with van der Waals surface area (Å²) in [5, 5.41) is 24.1. The summed E-state index contributed by atoms with van der Waals surface area (Å²) in [5.74, 6) is 0.693. The third kappa shape index (κ3) is 5.61. The van der Waals surface area contributed by atoms with Gasteiger partial charge in [-0.1, -0.05) is 66.7 Å². The Morgan fingerprint density at radius 2 is 1.55 bits per heavy atom. The molecule has 0 saturated carbocycles. The smallest absolute Gasteiger partial charge is 0.412 e. The zero-order valence-corrected chi connectivity index (χ0v) is 17.9. The molecule has 168 valence electrons. The van der Waals surface area contributed by atoms with E-state index in [1.165, 1.54) is 12.1 Å². The van der Waals surface area contributed by atoms with Gasteiger partial charge in [-0.2, -0.15) is 0 Å². The molecule has 6 nitrogen and oxygen atoms in total. The molecule has 0 radical (unpaired) electrons. The summed E-state index contributed by atoms with van der Waals surface area (Å²) >= 11 is 0. The van der Waals surface area contributed by atoms with Crippen LogP contribution in [0.25, 0.3) is 10.8 Å². The summed E-state index contributed by atoms with van der Waals surface area (Å²) in [5.41, 5.74) is 1.26. The van der Waals surface area contributed by atoms with Gasteiger partial charge in [-0.3, -0.25) is 5.32 Å². The van der Waals surface area contributed by atoms with E-state index in [-0.39, 0.29) is 18.8 Å². The summed E-state index contributed by atoms with van der Waals surface area (Å²) in [7, 11) is 0. The van der Waals surface area contributed by atoms with Crippen molar-refractivity contribution in [2.24, 2.45) is 0 Å². The third-order valence-corrected chi connectivity index (χ3v) is 5.26. The van der Waals surface area contributed by atoms with E-state index in [2.05, 4.69) is 5.32 Å². The van der Waals surface area contributed by atoms with Crippen molar-refractivity contribution in [3.8, 4) is 11.5 Å². The lowest BCUT2D eigenvalue weighted by atomic mass is 10.0. The van der Waals surface area contributed by atoms with Gasteiger partial charge in [-0.05, 0) is 41.3 Å². The highest BCUT2D eigenvalue weighted by atomic mass is 16.6. The Bertz CT molecular complexity index is 1190. The molecule has 4 aromatic rings. The van der Waals surface area contributed by atoms with Crippen molar-refractivity contribution >= 4 is 22.6 Å². The second-order valence-electron chi connectivity index (χ2n) is 7.55. The number of aliphatic hydroxyl groups is 1. The molecule has 0 fully saturated rings. The van der Waals surface area contributed by atoms with Crippen molar-refractivity contribution in [3.63, 3.8) is 0 Å². The maximum atomic E-state index is 13.0. The highest BCUT2D eigenvalue weighted by molar-refractivity contribution is 6.00. The Hall–Kier alpha value is -4.03. The number of hydrogen-bond acceptors (Lipinski definition) is 5. The van der Waals surface area contributed by atoms with Gasteiger partial charge in [0.05, 0.1) is 5.69 Å². The maximum absolute atomic E-state index is 13.0. The van der Waals surface area contributed by atoms with Crippen LogP contribution in [0.3, 0.4) is 0 Å². The lowest BCUT2D eigenvalue weighted by molar-refractivity contribution is 0.00908. The summed E-state index contributed by atoms with van der Waals surface area (Å²) in [6.45, 7) is -0.152. The lowest BCUT2D eigenvalue weighted by Gasteiger charge is -2.28. The molecule has 1 amide bonds. The molecule has 33 heavy (non-hydrogen) atoms. The van der Waals surface area contributed by atoms with Gasteiger partial charge in [-0.15, -0.1) is 0 Å². The fourth-order valence-corrected chi connectivity index (χ4v) is 3.68. The van der Waals surface area contributed by atoms with Crippen LogP contribution < -0.4 is 10.1 Å². The zero-order valence-electron chi connectivity index (χ0n) is 17.9. The third-order valence-electron chi connectivity index (χ3n) is 5.26. The van der Waals surface area contributed by atoms with E-state index in [1.807, 2.05) is 60.7 Å². The van der Waals surface area contributed by atoms with Gasteiger partial charge in [0.2, 0.25) is 0 Å². The number of nitrogens with one attached hydrogen (secondary N) is 1. The van der Waals surface area contributed by atoms with Crippen molar-refractivity contribution in [1.29, 1.82) is 0 Å². The van der Waals surface area contributed by atoms with Crippen LogP contribution in [-0.4, -0.2) is 29.0 Å². The predicted octanol–water partition coefficient (Wildman–Crippen LogP) is 5.67. The molecule has 3 N–H and O–H groups in total. The first-order valence-corrected chi connectivity index (χ1v) is 10.7. The average Bonchev–Trinajstić information content (AvgIpc) is 2.84. The Labute approximate surface area is 192 Å². The van der Waals surface area contributed by atoms with Crippen LogP contribution in [0.15, 0.2) is 97.1 Å². The minimum atomic E-state index is -0.826. The largest absolute Gasteiger partial charge is 0.508 e. The summed E-state index contributed by atoms with van der Waals surface area (Å²) in [6, 6.07) is 28.9. The number of amides is 1. The number of aliphatic hydroxyl groups excluding tert-OH is 1. The van der Waals surface area contributed by atoms with Crippen LogP contribution in [0, 0.1) is 0 Å². The van der Waals surface area contributed by atoms with Gasteiger partial charge in [0.1, 0.15) is 17.6 Å². The number of para-hydroxylation sites is 1. The molecular formula is C27H25NO5. The quantitative estimate of drug-likeness (QED) is 0.327. The van der Waals surface area contributed by atoms with E-state index in [4.69, 9.17) is 9.47 Å². The molecule has 4 rings (SSSR count). The van der Waals surface area contributed by atoms with Gasteiger partial charge in [0.25, 0.3) is 0 Å². The fourth-order valence-electron chi connectivity index (χ4n) is 3.68. The molecule has 0 aliphatic heterocycles. The second kappa shape index (κ2) is 10.5. The summed E-state index contributed by atoms with van der Waals surface area (Å²) in [4.78, 5) is 13.0. The number of carbonyl (C=O) groups is 1. The number of phenolic OH excluding ortho intramolecular Hbond substituents is 1. The van der Waals surface area contributed by atoms with Crippen molar-refractivity contribution in [1.82, 2.24) is 0 Å². The first-order chi connectivity index (χ1) is 16.1. The monoisotopic (exact) mass is 443 g/mol. The summed E-state index contributed by atoms with van der Waals surface area (Å²) in [6.07, 6.45) is -1.89. The second-order valence-corrected chi connectivity index (χ2v) is 7.55. The first-order valence-electron chi connectivity index (χ1n) is 10.7. The van der Waals surface area contributed by atoms with Gasteiger partial charge in [0, 0.05) is 18.4 Å². The van der Waals surface area contributed by atoms with Crippen LogP contribution >= 0.6 is 0 Å². The molecule has 0 unspecified atom stereocenters. The predicted molar refractivity (Wildman–Crippen MR) is 127 cm³/mol. The SMILES string of the molecule is O=C(Nc1cccc2ccccc12)O[C@H](c1ccc(O)cc1)[C@@H](CCO)Oc1ccccc1. The molecule has 0 spiro atoms. The van der Waals surface area contributed by atoms with Crippen LogP contribution in [0.2, 0.25) is 0 Å². The zero-order chi connectivity index (χ0) is 23.0. The molecule has 0 saturated heterocycles. The minimum absolute atomic E-state index is 0.0976. The van der Waals surface area contributed by atoms with Crippen molar-refractivity contribution in [3.05, 3.63) is 103 Å².